The van der Waals surface area contributed by atoms with E-state index < -0.39 is 0 Å². The van der Waals surface area contributed by atoms with E-state index in [2.05, 4.69) is 26.7 Å². The molecule has 16 heavy (non-hydrogen) atoms. The first-order valence-corrected chi connectivity index (χ1v) is 5.45. The number of hydrogen-bond acceptors (Lipinski definition) is 1. The maximum atomic E-state index is 12.9. The van der Waals surface area contributed by atoms with Gasteiger partial charge in [0.05, 0.1) is 0 Å². The van der Waals surface area contributed by atoms with Gasteiger partial charge >= 0.3 is 0 Å². The van der Waals surface area contributed by atoms with Crippen LogP contribution in [0.2, 0.25) is 0 Å². The number of halogens is 1. The summed E-state index contributed by atoms with van der Waals surface area (Å²) in [5.41, 5.74) is 1.00. The lowest BCUT2D eigenvalue weighted by molar-refractivity contribution is 0.127. The van der Waals surface area contributed by atoms with E-state index in [1.807, 2.05) is 0 Å². The zero-order valence-electron chi connectivity index (χ0n) is 9.74. The minimum Gasteiger partial charge on any atom is -0.490 e. The molecule has 0 amide bonds. The number of terminal acetylenes is 1. The summed E-state index contributed by atoms with van der Waals surface area (Å²) in [7, 11) is 0. The monoisotopic (exact) mass is 220 g/mol. The van der Waals surface area contributed by atoms with Crippen LogP contribution in [-0.2, 0) is 6.42 Å². The quantitative estimate of drug-likeness (QED) is 0.659. The van der Waals surface area contributed by atoms with Crippen molar-refractivity contribution >= 4 is 0 Å². The highest BCUT2D eigenvalue weighted by Crippen LogP contribution is 2.30. The molecule has 2 heteroatoms. The second-order valence-corrected chi connectivity index (χ2v) is 4.19. The van der Waals surface area contributed by atoms with Crippen molar-refractivity contribution in [1.29, 1.82) is 0 Å². The lowest BCUT2D eigenvalue weighted by Gasteiger charge is -2.28. The highest BCUT2D eigenvalue weighted by atomic mass is 19.1. The van der Waals surface area contributed by atoms with Gasteiger partial charge in [-0.05, 0) is 42.5 Å². The molecule has 0 fully saturated rings. The maximum absolute atomic E-state index is 12.9. The van der Waals surface area contributed by atoms with Crippen LogP contribution in [0.5, 0.6) is 5.75 Å². The predicted octanol–water partition coefficient (Wildman–Crippen LogP) is 3.42. The zero-order chi connectivity index (χ0) is 12.1. The van der Waals surface area contributed by atoms with Gasteiger partial charge in [-0.2, -0.15) is 0 Å². The number of ether oxygens (including phenoxy) is 1. The highest BCUT2D eigenvalue weighted by molar-refractivity contribution is 5.35. The van der Waals surface area contributed by atoms with Crippen LogP contribution in [-0.4, -0.2) is 6.10 Å². The standard InChI is InChI=1S/C12H15FO.C2H2/c1-8(2)11-5-3-9-7-10(13)4-6-12(9)14-11;1-2/h4,6-8,11H,3,5H2,1-2H3;1-2H. The summed E-state index contributed by atoms with van der Waals surface area (Å²) in [6.45, 7) is 4.30. The Kier molecular flexibility index (Phi) is 4.37. The van der Waals surface area contributed by atoms with E-state index >= 15 is 0 Å². The van der Waals surface area contributed by atoms with Gasteiger partial charge in [-0.1, -0.05) is 13.8 Å². The summed E-state index contributed by atoms with van der Waals surface area (Å²) in [6.07, 6.45) is 10.2. The Morgan fingerprint density at radius 3 is 2.69 bits per heavy atom. The fraction of sp³-hybridized carbons (Fsp3) is 0.429. The number of rotatable bonds is 1. The molecule has 1 atom stereocenters. The third-order valence-corrected chi connectivity index (χ3v) is 2.74. The molecule has 1 aliphatic heterocycles. The van der Waals surface area contributed by atoms with Crippen molar-refractivity contribution < 1.29 is 9.13 Å². The summed E-state index contributed by atoms with van der Waals surface area (Å²) in [5, 5.41) is 0. The van der Waals surface area contributed by atoms with Crippen LogP contribution in [0.1, 0.15) is 25.8 Å². The van der Waals surface area contributed by atoms with Crippen LogP contribution >= 0.6 is 0 Å². The van der Waals surface area contributed by atoms with Crippen LogP contribution in [0.15, 0.2) is 18.2 Å². The largest absolute Gasteiger partial charge is 0.490 e. The van der Waals surface area contributed by atoms with Gasteiger partial charge in [0.15, 0.2) is 0 Å². The first-order chi connectivity index (χ1) is 7.66. The second kappa shape index (κ2) is 5.55. The van der Waals surface area contributed by atoms with Crippen molar-refractivity contribution in [2.24, 2.45) is 5.92 Å². The topological polar surface area (TPSA) is 9.23 Å². The summed E-state index contributed by atoms with van der Waals surface area (Å²) in [4.78, 5) is 0. The van der Waals surface area contributed by atoms with Gasteiger partial charge in [-0.25, -0.2) is 4.39 Å². The summed E-state index contributed by atoms with van der Waals surface area (Å²) < 4.78 is 18.7. The Balaban J connectivity index is 0.000000606. The normalized spacial score (nSPS) is 18.0. The van der Waals surface area contributed by atoms with Crippen molar-refractivity contribution in [1.82, 2.24) is 0 Å². The zero-order valence-corrected chi connectivity index (χ0v) is 9.74. The third-order valence-electron chi connectivity index (χ3n) is 2.74. The summed E-state index contributed by atoms with van der Waals surface area (Å²) in [6, 6.07) is 4.77. The lowest BCUT2D eigenvalue weighted by Crippen LogP contribution is -2.27. The van der Waals surface area contributed by atoms with E-state index in [1.165, 1.54) is 6.07 Å². The van der Waals surface area contributed by atoms with E-state index in [1.54, 1.807) is 12.1 Å². The minimum absolute atomic E-state index is 0.171. The molecule has 0 aliphatic carbocycles. The Hall–Kier alpha value is -1.49. The van der Waals surface area contributed by atoms with Gasteiger partial charge in [0.1, 0.15) is 17.7 Å². The maximum Gasteiger partial charge on any atom is 0.123 e. The van der Waals surface area contributed by atoms with Gasteiger partial charge < -0.3 is 4.74 Å². The fourth-order valence-electron chi connectivity index (χ4n) is 1.85. The van der Waals surface area contributed by atoms with Crippen molar-refractivity contribution in [3.05, 3.63) is 29.6 Å². The molecule has 0 aromatic heterocycles. The Labute approximate surface area is 96.6 Å². The molecule has 0 spiro atoms. The Morgan fingerprint density at radius 1 is 1.38 bits per heavy atom. The molecule has 0 N–H and O–H groups in total. The molecule has 1 aromatic rings. The first kappa shape index (κ1) is 12.6. The van der Waals surface area contributed by atoms with Gasteiger partial charge in [0, 0.05) is 0 Å². The smallest absolute Gasteiger partial charge is 0.123 e. The van der Waals surface area contributed by atoms with E-state index in [4.69, 9.17) is 4.74 Å². The first-order valence-electron chi connectivity index (χ1n) is 5.45. The van der Waals surface area contributed by atoms with Gasteiger partial charge in [-0.3, -0.25) is 0 Å². The molecule has 0 bridgehead atoms. The summed E-state index contributed by atoms with van der Waals surface area (Å²) >= 11 is 0. The number of benzene rings is 1. The summed E-state index contributed by atoms with van der Waals surface area (Å²) in [5.74, 6) is 1.21. The van der Waals surface area contributed by atoms with Crippen molar-refractivity contribution in [2.75, 3.05) is 0 Å². The molecule has 86 valence electrons. The molecule has 1 nitrogen and oxygen atoms in total. The van der Waals surface area contributed by atoms with E-state index in [-0.39, 0.29) is 11.9 Å². The third kappa shape index (κ3) is 2.76. The SMILES string of the molecule is C#C.CC(C)C1CCc2cc(F)ccc2O1. The van der Waals surface area contributed by atoms with Gasteiger partial charge in [0.2, 0.25) is 0 Å². The van der Waals surface area contributed by atoms with Crippen LogP contribution in [0.4, 0.5) is 4.39 Å². The van der Waals surface area contributed by atoms with E-state index in [9.17, 15) is 4.39 Å². The van der Waals surface area contributed by atoms with Crippen LogP contribution in [0.25, 0.3) is 0 Å². The van der Waals surface area contributed by atoms with Gasteiger partial charge in [0.25, 0.3) is 0 Å². The number of fused-ring (bicyclic) bond motifs is 1. The molecule has 0 saturated heterocycles. The predicted molar refractivity (Wildman–Crippen MR) is 63.9 cm³/mol. The molecule has 1 unspecified atom stereocenters. The van der Waals surface area contributed by atoms with Crippen molar-refractivity contribution in [3.63, 3.8) is 0 Å². The Bertz CT molecular complexity index is 368. The van der Waals surface area contributed by atoms with Crippen molar-refractivity contribution in [2.45, 2.75) is 32.8 Å². The molecule has 0 radical (unpaired) electrons. The van der Waals surface area contributed by atoms with Crippen molar-refractivity contribution in [3.8, 4) is 18.6 Å². The minimum atomic E-state index is -0.171. The molecular formula is C14H17FO. The number of hydrogen-bond donors (Lipinski definition) is 0. The van der Waals surface area contributed by atoms with E-state index in [0.717, 1.165) is 24.2 Å². The van der Waals surface area contributed by atoms with Gasteiger partial charge in [-0.15, -0.1) is 12.8 Å². The average Bonchev–Trinajstić information content (AvgIpc) is 2.30. The number of aryl methyl sites for hydroxylation is 1. The molecule has 1 heterocycles. The van der Waals surface area contributed by atoms with E-state index in [0.29, 0.717) is 5.92 Å². The molecular weight excluding hydrogens is 203 g/mol. The second-order valence-electron chi connectivity index (χ2n) is 4.19. The lowest BCUT2D eigenvalue weighted by atomic mass is 9.96. The molecule has 1 aromatic carbocycles. The highest BCUT2D eigenvalue weighted by Gasteiger charge is 2.22. The van der Waals surface area contributed by atoms with Crippen LogP contribution in [0, 0.1) is 24.6 Å². The Morgan fingerprint density at radius 2 is 2.06 bits per heavy atom. The average molecular weight is 220 g/mol. The van der Waals surface area contributed by atoms with Crippen LogP contribution < -0.4 is 4.74 Å². The fourth-order valence-corrected chi connectivity index (χ4v) is 1.85. The molecule has 1 aliphatic rings. The molecule has 2 rings (SSSR count). The molecule has 0 saturated carbocycles. The van der Waals surface area contributed by atoms with Crippen LogP contribution in [0.3, 0.4) is 0 Å².